The number of halogens is 1. The molecule has 1 aliphatic heterocycles. The van der Waals surface area contributed by atoms with Crippen molar-refractivity contribution in [1.82, 2.24) is 4.90 Å². The third-order valence-corrected chi connectivity index (χ3v) is 4.81. The molecule has 1 aliphatic rings. The highest BCUT2D eigenvalue weighted by Crippen LogP contribution is 2.25. The van der Waals surface area contributed by atoms with E-state index in [0.717, 1.165) is 12.1 Å². The van der Waals surface area contributed by atoms with Crippen LogP contribution in [0, 0.1) is 5.41 Å². The van der Waals surface area contributed by atoms with Gasteiger partial charge in [0, 0.05) is 28.9 Å². The molecule has 2 rings (SSSR count). The van der Waals surface area contributed by atoms with Crippen LogP contribution in [0.25, 0.3) is 0 Å². The van der Waals surface area contributed by atoms with Crippen LogP contribution in [0.15, 0.2) is 18.2 Å². The van der Waals surface area contributed by atoms with E-state index >= 15 is 0 Å². The van der Waals surface area contributed by atoms with Crippen molar-refractivity contribution >= 4 is 29.2 Å². The highest BCUT2D eigenvalue weighted by atomic mass is 35.5. The summed E-state index contributed by atoms with van der Waals surface area (Å²) in [6.07, 6.45) is 1.25. The van der Waals surface area contributed by atoms with Gasteiger partial charge in [-0.2, -0.15) is 11.8 Å². The van der Waals surface area contributed by atoms with Gasteiger partial charge in [0.15, 0.2) is 0 Å². The Morgan fingerprint density at radius 1 is 1.61 bits per heavy atom. The summed E-state index contributed by atoms with van der Waals surface area (Å²) >= 11 is 8.25. The smallest absolute Gasteiger partial charge is 0.122 e. The fourth-order valence-corrected chi connectivity index (χ4v) is 3.65. The van der Waals surface area contributed by atoms with Crippen LogP contribution >= 0.6 is 23.4 Å². The van der Waals surface area contributed by atoms with Gasteiger partial charge in [0.05, 0.1) is 0 Å². The lowest BCUT2D eigenvalue weighted by Gasteiger charge is -2.24. The summed E-state index contributed by atoms with van der Waals surface area (Å²) in [5, 5.41) is 8.08. The topological polar surface area (TPSA) is 53.1 Å². The number of hydrogen-bond acceptors (Lipinski definition) is 3. The number of nitrogens with two attached hydrogens (primary N) is 1. The monoisotopic (exact) mass is 283 g/mol. The fraction of sp³-hybridized carbons (Fsp3) is 0.462. The summed E-state index contributed by atoms with van der Waals surface area (Å²) in [6, 6.07) is 6.26. The van der Waals surface area contributed by atoms with Crippen LogP contribution in [-0.2, 0) is 6.54 Å². The van der Waals surface area contributed by atoms with E-state index in [1.165, 1.54) is 17.9 Å². The summed E-state index contributed by atoms with van der Waals surface area (Å²) < 4.78 is 0. The second-order valence-corrected chi connectivity index (χ2v) is 6.21. The molecule has 1 heterocycles. The van der Waals surface area contributed by atoms with E-state index in [4.69, 9.17) is 22.7 Å². The zero-order valence-electron chi connectivity index (χ0n) is 10.4. The molecule has 1 aromatic rings. The van der Waals surface area contributed by atoms with Crippen molar-refractivity contribution in [1.29, 1.82) is 5.41 Å². The van der Waals surface area contributed by atoms with Crippen LogP contribution in [0.5, 0.6) is 0 Å². The lowest BCUT2D eigenvalue weighted by atomic mass is 10.1. The summed E-state index contributed by atoms with van der Waals surface area (Å²) in [6.45, 7) is 0.849. The Labute approximate surface area is 117 Å². The number of amidine groups is 1. The van der Waals surface area contributed by atoms with Crippen LogP contribution in [-0.4, -0.2) is 35.3 Å². The van der Waals surface area contributed by atoms with Crippen molar-refractivity contribution in [3.8, 4) is 0 Å². The Balaban J connectivity index is 2.06. The summed E-state index contributed by atoms with van der Waals surface area (Å²) in [7, 11) is 2.14. The van der Waals surface area contributed by atoms with Gasteiger partial charge in [0.2, 0.25) is 0 Å². The number of nitrogens with one attached hydrogen (secondary N) is 1. The molecule has 18 heavy (non-hydrogen) atoms. The average Bonchev–Trinajstić information content (AvgIpc) is 2.85. The Hall–Kier alpha value is -0.710. The summed E-state index contributed by atoms with van der Waals surface area (Å²) in [5.74, 6) is 2.52. The summed E-state index contributed by atoms with van der Waals surface area (Å²) in [5.41, 5.74) is 7.23. The van der Waals surface area contributed by atoms with Gasteiger partial charge in [-0.3, -0.25) is 10.3 Å². The fourth-order valence-electron chi connectivity index (χ4n) is 2.11. The zero-order valence-corrected chi connectivity index (χ0v) is 12.0. The van der Waals surface area contributed by atoms with Gasteiger partial charge in [0.25, 0.3) is 0 Å². The lowest BCUT2D eigenvalue weighted by Crippen LogP contribution is -2.31. The molecule has 0 aromatic heterocycles. The van der Waals surface area contributed by atoms with Gasteiger partial charge in [-0.25, -0.2) is 0 Å². The molecule has 0 saturated carbocycles. The minimum absolute atomic E-state index is 0.0593. The molecule has 0 bridgehead atoms. The van der Waals surface area contributed by atoms with E-state index in [1.54, 1.807) is 6.07 Å². The Kier molecular flexibility index (Phi) is 4.54. The van der Waals surface area contributed by atoms with Crippen molar-refractivity contribution in [2.24, 2.45) is 5.73 Å². The van der Waals surface area contributed by atoms with E-state index < -0.39 is 0 Å². The normalized spacial score (nSPS) is 19.4. The van der Waals surface area contributed by atoms with E-state index in [-0.39, 0.29) is 5.84 Å². The van der Waals surface area contributed by atoms with Crippen molar-refractivity contribution in [3.63, 3.8) is 0 Å². The van der Waals surface area contributed by atoms with Gasteiger partial charge in [0.1, 0.15) is 5.84 Å². The Bertz CT molecular complexity index is 444. The predicted octanol–water partition coefficient (Wildman–Crippen LogP) is 2.56. The third kappa shape index (κ3) is 3.19. The van der Waals surface area contributed by atoms with Gasteiger partial charge in [-0.1, -0.05) is 23.7 Å². The lowest BCUT2D eigenvalue weighted by molar-refractivity contribution is 0.254. The standard InChI is InChI=1S/C13H18ClN3S/c1-17(11-4-5-18-8-11)7-10-3-2-9(13(15)16)6-12(10)14/h2-3,6,11H,4-5,7-8H2,1H3,(H3,15,16). The first-order valence-electron chi connectivity index (χ1n) is 5.98. The first-order valence-corrected chi connectivity index (χ1v) is 7.52. The maximum absolute atomic E-state index is 7.39. The quantitative estimate of drug-likeness (QED) is 0.660. The van der Waals surface area contributed by atoms with Gasteiger partial charge in [-0.05, 0) is 30.9 Å². The predicted molar refractivity (Wildman–Crippen MR) is 79.7 cm³/mol. The molecule has 1 fully saturated rings. The molecule has 1 saturated heterocycles. The number of benzene rings is 1. The molecule has 0 aliphatic carbocycles. The van der Waals surface area contributed by atoms with Crippen molar-refractivity contribution in [2.75, 3.05) is 18.6 Å². The molecular weight excluding hydrogens is 266 g/mol. The maximum Gasteiger partial charge on any atom is 0.122 e. The molecule has 5 heteroatoms. The first kappa shape index (κ1) is 13.7. The number of nitrogens with zero attached hydrogens (tertiary/aromatic N) is 1. The molecule has 3 N–H and O–H groups in total. The molecule has 0 radical (unpaired) electrons. The van der Waals surface area contributed by atoms with Gasteiger partial charge >= 0.3 is 0 Å². The Morgan fingerprint density at radius 2 is 2.39 bits per heavy atom. The van der Waals surface area contributed by atoms with Crippen LogP contribution in [0.2, 0.25) is 5.02 Å². The van der Waals surface area contributed by atoms with Crippen LogP contribution in [0.3, 0.4) is 0 Å². The number of thioether (sulfide) groups is 1. The first-order chi connectivity index (χ1) is 8.58. The molecule has 1 atom stereocenters. The van der Waals surface area contributed by atoms with Crippen molar-refractivity contribution < 1.29 is 0 Å². The molecule has 98 valence electrons. The molecule has 3 nitrogen and oxygen atoms in total. The third-order valence-electron chi connectivity index (χ3n) is 3.31. The summed E-state index contributed by atoms with van der Waals surface area (Å²) in [4.78, 5) is 2.36. The maximum atomic E-state index is 7.39. The van der Waals surface area contributed by atoms with Crippen molar-refractivity contribution in [3.05, 3.63) is 34.3 Å². The SMILES string of the molecule is CN(Cc1ccc(C(=N)N)cc1Cl)C1CCSC1. The molecule has 1 aromatic carbocycles. The van der Waals surface area contributed by atoms with E-state index in [9.17, 15) is 0 Å². The highest BCUT2D eigenvalue weighted by Gasteiger charge is 2.20. The second kappa shape index (κ2) is 5.95. The highest BCUT2D eigenvalue weighted by molar-refractivity contribution is 7.99. The zero-order chi connectivity index (χ0) is 13.1. The molecule has 1 unspecified atom stereocenters. The van der Waals surface area contributed by atoms with E-state index in [1.807, 2.05) is 23.9 Å². The second-order valence-electron chi connectivity index (χ2n) is 4.65. The van der Waals surface area contributed by atoms with Gasteiger partial charge in [-0.15, -0.1) is 0 Å². The minimum Gasteiger partial charge on any atom is -0.384 e. The Morgan fingerprint density at radius 3 is 2.94 bits per heavy atom. The average molecular weight is 284 g/mol. The van der Waals surface area contributed by atoms with E-state index in [2.05, 4.69) is 11.9 Å². The largest absolute Gasteiger partial charge is 0.384 e. The molecule has 0 spiro atoms. The molecule has 0 amide bonds. The van der Waals surface area contributed by atoms with Gasteiger partial charge < -0.3 is 5.73 Å². The van der Waals surface area contributed by atoms with Crippen LogP contribution in [0.4, 0.5) is 0 Å². The number of nitrogen functional groups attached to an aromatic ring is 1. The van der Waals surface area contributed by atoms with Crippen molar-refractivity contribution in [2.45, 2.75) is 19.0 Å². The number of rotatable bonds is 4. The molecular formula is C13H18ClN3S. The number of hydrogen-bond donors (Lipinski definition) is 2. The van der Waals surface area contributed by atoms with Crippen LogP contribution < -0.4 is 5.73 Å². The van der Waals surface area contributed by atoms with Crippen LogP contribution in [0.1, 0.15) is 17.5 Å². The van der Waals surface area contributed by atoms with E-state index in [0.29, 0.717) is 16.6 Å². The minimum atomic E-state index is 0.0593.